The first-order valence-electron chi connectivity index (χ1n) is 3.78. The molecule has 0 spiro atoms. The van der Waals surface area contributed by atoms with Crippen LogP contribution in [0.3, 0.4) is 0 Å². The minimum absolute atomic E-state index is 0.159. The molecule has 1 aromatic heterocycles. The molecule has 0 saturated carbocycles. The van der Waals surface area contributed by atoms with Crippen LogP contribution in [0.1, 0.15) is 0 Å². The predicted molar refractivity (Wildman–Crippen MR) is 67.6 cm³/mol. The fourth-order valence-electron chi connectivity index (χ4n) is 1.21. The fraction of sp³-hybridized carbons (Fsp3) is 0. The summed E-state index contributed by atoms with van der Waals surface area (Å²) in [5.41, 5.74) is 0. The number of benzene rings is 1. The van der Waals surface area contributed by atoms with Crippen LogP contribution in [0.4, 0.5) is 4.39 Å². The van der Waals surface area contributed by atoms with Crippen molar-refractivity contribution in [2.24, 2.45) is 0 Å². The van der Waals surface area contributed by atoms with Gasteiger partial charge in [-0.25, -0.2) is 0 Å². The van der Waals surface area contributed by atoms with Crippen LogP contribution in [0.2, 0.25) is 5.02 Å². The molecule has 0 amide bonds. The van der Waals surface area contributed by atoms with Crippen LogP contribution in [0, 0.1) is 9.39 Å². The van der Waals surface area contributed by atoms with Gasteiger partial charge in [0.1, 0.15) is 0 Å². The Morgan fingerprint density at radius 2 is 2.14 bits per heavy atom. The second-order valence-electron chi connectivity index (χ2n) is 2.82. The molecular formula is C9H5AsClFIN. The quantitative estimate of drug-likeness (QED) is 0.385. The van der Waals surface area contributed by atoms with Gasteiger partial charge in [0.2, 0.25) is 0 Å². The molecule has 1 heterocycles. The van der Waals surface area contributed by atoms with E-state index < -0.39 is 0 Å². The second-order valence-corrected chi connectivity index (χ2v) is 5.60. The monoisotopic (exact) mass is 383 g/mol. The van der Waals surface area contributed by atoms with Gasteiger partial charge in [-0.05, 0) is 0 Å². The number of halogens is 3. The second kappa shape index (κ2) is 3.95. The molecule has 0 N–H and O–H groups in total. The minimum atomic E-state index is -0.365. The fourth-order valence-corrected chi connectivity index (χ4v) is 2.77. The van der Waals surface area contributed by atoms with Gasteiger partial charge in [0, 0.05) is 0 Å². The van der Waals surface area contributed by atoms with E-state index in [2.05, 4.69) is 4.98 Å². The third-order valence-corrected chi connectivity index (χ3v) is 3.70. The standard InChI is InChI=1S/C9H5AsClFIN/c10-7-2-4-1-6(13)9(12)8(11)5(4)3-14-7/h1-3H,10H2. The first-order valence-corrected chi connectivity index (χ1v) is 6.45. The van der Waals surface area contributed by atoms with Crippen molar-refractivity contribution in [2.75, 3.05) is 0 Å². The molecule has 1 atom stereocenters. The number of aromatic nitrogens is 1. The molecule has 2 aromatic rings. The zero-order valence-corrected chi connectivity index (χ0v) is 12.2. The molecule has 1 nitrogen and oxygen atoms in total. The van der Waals surface area contributed by atoms with Gasteiger partial charge in [0.05, 0.1) is 0 Å². The molecule has 0 saturated heterocycles. The van der Waals surface area contributed by atoms with Gasteiger partial charge in [-0.15, -0.1) is 0 Å². The van der Waals surface area contributed by atoms with Gasteiger partial charge in [0.15, 0.2) is 0 Å². The molecule has 5 heteroatoms. The molecule has 0 radical (unpaired) electrons. The third-order valence-electron chi connectivity index (χ3n) is 1.88. The SMILES string of the molecule is Fc1c(I)cc2cc([AsH2])ncc2c1Cl. The Balaban J connectivity index is 2.91. The molecule has 0 aliphatic carbocycles. The van der Waals surface area contributed by atoms with E-state index >= 15 is 0 Å². The Hall–Kier alpha value is 0.138. The summed E-state index contributed by atoms with van der Waals surface area (Å²) in [5, 5.41) is 1.77. The predicted octanol–water partition coefficient (Wildman–Crippen LogP) is 1.89. The zero-order chi connectivity index (χ0) is 10.3. The molecule has 72 valence electrons. The van der Waals surface area contributed by atoms with Crippen molar-refractivity contribution >= 4 is 66.3 Å². The summed E-state index contributed by atoms with van der Waals surface area (Å²) in [5.74, 6) is -0.365. The number of rotatable bonds is 0. The Morgan fingerprint density at radius 1 is 1.43 bits per heavy atom. The average Bonchev–Trinajstić information content (AvgIpc) is 2.14. The number of hydrogen-bond donors (Lipinski definition) is 0. The molecule has 0 aliphatic heterocycles. The van der Waals surface area contributed by atoms with Crippen molar-refractivity contribution in [3.05, 3.63) is 32.7 Å². The van der Waals surface area contributed by atoms with Crippen LogP contribution in [-0.2, 0) is 0 Å². The summed E-state index contributed by atoms with van der Waals surface area (Å²) in [6.45, 7) is 0. The van der Waals surface area contributed by atoms with Crippen LogP contribution in [0.25, 0.3) is 10.8 Å². The molecule has 2 rings (SSSR count). The summed E-state index contributed by atoms with van der Waals surface area (Å²) in [7, 11) is 0. The van der Waals surface area contributed by atoms with Gasteiger partial charge < -0.3 is 0 Å². The van der Waals surface area contributed by atoms with E-state index in [1.165, 1.54) is 16.9 Å². The Kier molecular flexibility index (Phi) is 3.00. The van der Waals surface area contributed by atoms with Crippen LogP contribution < -0.4 is 4.48 Å². The van der Waals surface area contributed by atoms with E-state index in [0.29, 0.717) is 8.96 Å². The van der Waals surface area contributed by atoms with Crippen LogP contribution in [-0.4, -0.2) is 21.8 Å². The van der Waals surface area contributed by atoms with Crippen molar-refractivity contribution in [1.29, 1.82) is 0 Å². The van der Waals surface area contributed by atoms with Crippen molar-refractivity contribution < 1.29 is 4.39 Å². The summed E-state index contributed by atoms with van der Waals surface area (Å²) < 4.78 is 14.9. The van der Waals surface area contributed by atoms with E-state index in [9.17, 15) is 4.39 Å². The Labute approximate surface area is 108 Å². The Bertz CT molecular complexity index is 518. The maximum absolute atomic E-state index is 13.4. The summed E-state index contributed by atoms with van der Waals surface area (Å²) in [4.78, 5) is 4.11. The first-order chi connectivity index (χ1) is 6.59. The third kappa shape index (κ3) is 1.77. The first kappa shape index (κ1) is 10.6. The number of hydrogen-bond acceptors (Lipinski definition) is 1. The van der Waals surface area contributed by atoms with Crippen LogP contribution in [0.15, 0.2) is 18.3 Å². The molecule has 0 aliphatic rings. The van der Waals surface area contributed by atoms with E-state index in [-0.39, 0.29) is 10.8 Å². The van der Waals surface area contributed by atoms with Crippen molar-refractivity contribution in [2.45, 2.75) is 0 Å². The number of fused-ring (bicyclic) bond motifs is 1. The average molecular weight is 383 g/mol. The van der Waals surface area contributed by atoms with E-state index in [1.807, 2.05) is 28.7 Å². The zero-order valence-electron chi connectivity index (χ0n) is 6.89. The van der Waals surface area contributed by atoms with Gasteiger partial charge in [0.25, 0.3) is 0 Å². The molecule has 1 aromatic carbocycles. The van der Waals surface area contributed by atoms with E-state index in [1.54, 1.807) is 12.3 Å². The molecule has 0 fully saturated rings. The van der Waals surface area contributed by atoms with E-state index in [4.69, 9.17) is 11.6 Å². The van der Waals surface area contributed by atoms with Gasteiger partial charge in [-0.1, -0.05) is 0 Å². The van der Waals surface area contributed by atoms with Gasteiger partial charge in [-0.2, -0.15) is 0 Å². The normalized spacial score (nSPS) is 10.9. The van der Waals surface area contributed by atoms with Gasteiger partial charge >= 0.3 is 108 Å². The topological polar surface area (TPSA) is 12.9 Å². The molecule has 1 unspecified atom stereocenters. The molecule has 14 heavy (non-hydrogen) atoms. The number of pyridine rings is 1. The van der Waals surface area contributed by atoms with Crippen LogP contribution >= 0.6 is 34.2 Å². The van der Waals surface area contributed by atoms with Crippen molar-refractivity contribution in [1.82, 2.24) is 4.98 Å². The van der Waals surface area contributed by atoms with Crippen molar-refractivity contribution in [3.63, 3.8) is 0 Å². The molecule has 0 bridgehead atoms. The van der Waals surface area contributed by atoms with Crippen molar-refractivity contribution in [3.8, 4) is 0 Å². The summed E-state index contributed by atoms with van der Waals surface area (Å²) >= 11 is 9.24. The maximum atomic E-state index is 13.4. The molecular weight excluding hydrogens is 378 g/mol. The van der Waals surface area contributed by atoms with Crippen LogP contribution in [0.5, 0.6) is 0 Å². The summed E-state index contributed by atoms with van der Waals surface area (Å²) in [6.07, 6.45) is 1.62. The summed E-state index contributed by atoms with van der Waals surface area (Å²) in [6, 6.07) is 3.70. The number of nitrogens with zero attached hydrogens (tertiary/aromatic N) is 1. The van der Waals surface area contributed by atoms with Gasteiger partial charge in [-0.3, -0.25) is 0 Å². The van der Waals surface area contributed by atoms with E-state index in [0.717, 1.165) is 9.87 Å². The Morgan fingerprint density at radius 3 is 2.86 bits per heavy atom.